The summed E-state index contributed by atoms with van der Waals surface area (Å²) in [6.07, 6.45) is -1.48. The van der Waals surface area contributed by atoms with Gasteiger partial charge in [0.15, 0.2) is 0 Å². The predicted octanol–water partition coefficient (Wildman–Crippen LogP) is 4.65. The number of carboxylic acids is 1. The van der Waals surface area contributed by atoms with Crippen LogP contribution < -0.4 is 10.2 Å². The van der Waals surface area contributed by atoms with Crippen LogP contribution in [0.15, 0.2) is 54.6 Å². The summed E-state index contributed by atoms with van der Waals surface area (Å²) >= 11 is 0. The van der Waals surface area contributed by atoms with Crippen molar-refractivity contribution in [2.45, 2.75) is 45.9 Å². The lowest BCUT2D eigenvalue weighted by molar-refractivity contribution is -0.138. The highest BCUT2D eigenvalue weighted by molar-refractivity contribution is 5.96. The second-order valence-corrected chi connectivity index (χ2v) is 7.60. The zero-order valence-corrected chi connectivity index (χ0v) is 17.4. The number of benzene rings is 2. The molecule has 2 amide bonds. The van der Waals surface area contributed by atoms with E-state index in [0.29, 0.717) is 5.69 Å². The molecule has 8 heteroatoms. The van der Waals surface area contributed by atoms with Gasteiger partial charge in [0.2, 0.25) is 0 Å². The Morgan fingerprint density at radius 2 is 1.73 bits per heavy atom. The molecular formula is C22H26N2O6. The summed E-state index contributed by atoms with van der Waals surface area (Å²) in [4.78, 5) is 37.3. The van der Waals surface area contributed by atoms with Crippen LogP contribution in [0.4, 0.5) is 21.0 Å². The van der Waals surface area contributed by atoms with E-state index in [0.717, 1.165) is 10.5 Å². The fourth-order valence-corrected chi connectivity index (χ4v) is 2.54. The first-order valence-electron chi connectivity index (χ1n) is 9.39. The van der Waals surface area contributed by atoms with E-state index in [9.17, 15) is 19.5 Å². The summed E-state index contributed by atoms with van der Waals surface area (Å²) in [7, 11) is 0. The van der Waals surface area contributed by atoms with Gasteiger partial charge in [0.25, 0.3) is 0 Å². The van der Waals surface area contributed by atoms with E-state index < -0.39 is 29.8 Å². The zero-order chi connectivity index (χ0) is 22.3. The van der Waals surface area contributed by atoms with E-state index in [1.807, 2.05) is 18.2 Å². The van der Waals surface area contributed by atoms with Gasteiger partial charge < -0.3 is 14.6 Å². The number of aliphatic carboxylic acids is 1. The van der Waals surface area contributed by atoms with Crippen LogP contribution in [0.5, 0.6) is 0 Å². The molecule has 0 heterocycles. The summed E-state index contributed by atoms with van der Waals surface area (Å²) in [6, 6.07) is 14.1. The third-order valence-electron chi connectivity index (χ3n) is 3.92. The highest BCUT2D eigenvalue weighted by Crippen LogP contribution is 2.24. The fourth-order valence-electron chi connectivity index (χ4n) is 2.54. The number of rotatable bonds is 6. The van der Waals surface area contributed by atoms with Crippen molar-refractivity contribution < 1.29 is 29.0 Å². The van der Waals surface area contributed by atoms with Gasteiger partial charge in [0, 0.05) is 5.69 Å². The molecule has 0 radical (unpaired) electrons. The molecule has 0 aliphatic rings. The number of nitrogens with one attached hydrogen (secondary N) is 1. The molecule has 2 aromatic rings. The summed E-state index contributed by atoms with van der Waals surface area (Å²) in [6.45, 7) is 6.59. The smallest absolute Gasteiger partial charge is 0.415 e. The molecule has 2 rings (SSSR count). The standard InChI is InChI=1S/C22H26N2O6/c1-15(19(25)26)24(21(28)29-14-16-9-6-5-7-10-16)18-12-8-11-17(13-18)23-20(27)30-22(2,3)4/h5-13,15H,14H2,1-4H3,(H,23,27)(H,25,26)/t15-/m0/s1. The van der Waals surface area contributed by atoms with Gasteiger partial charge in [-0.3, -0.25) is 10.2 Å². The zero-order valence-electron chi connectivity index (χ0n) is 17.4. The Morgan fingerprint density at radius 3 is 2.33 bits per heavy atom. The van der Waals surface area contributed by atoms with Crippen molar-refractivity contribution >= 4 is 29.5 Å². The average Bonchev–Trinajstić information content (AvgIpc) is 2.66. The lowest BCUT2D eigenvalue weighted by Crippen LogP contribution is -2.43. The molecule has 160 valence electrons. The molecule has 0 aliphatic carbocycles. The summed E-state index contributed by atoms with van der Waals surface area (Å²) < 4.78 is 10.5. The molecule has 30 heavy (non-hydrogen) atoms. The van der Waals surface area contributed by atoms with Crippen LogP contribution in [0.1, 0.15) is 33.3 Å². The lowest BCUT2D eigenvalue weighted by atomic mass is 10.2. The number of hydrogen-bond acceptors (Lipinski definition) is 5. The Kier molecular flexibility index (Phi) is 7.41. The largest absolute Gasteiger partial charge is 0.480 e. The second-order valence-electron chi connectivity index (χ2n) is 7.60. The molecule has 0 fully saturated rings. The van der Waals surface area contributed by atoms with Crippen LogP contribution in [0.25, 0.3) is 0 Å². The first-order chi connectivity index (χ1) is 14.1. The van der Waals surface area contributed by atoms with Crippen LogP contribution in [-0.4, -0.2) is 34.9 Å². The summed E-state index contributed by atoms with van der Waals surface area (Å²) in [5.74, 6) is -1.20. The molecule has 0 aliphatic heterocycles. The van der Waals surface area contributed by atoms with Gasteiger partial charge in [-0.25, -0.2) is 14.4 Å². The molecule has 0 saturated heterocycles. The van der Waals surface area contributed by atoms with Gasteiger partial charge >= 0.3 is 18.2 Å². The van der Waals surface area contributed by atoms with Crippen molar-refractivity contribution in [3.63, 3.8) is 0 Å². The highest BCUT2D eigenvalue weighted by Gasteiger charge is 2.29. The maximum atomic E-state index is 12.7. The third-order valence-corrected chi connectivity index (χ3v) is 3.92. The number of nitrogens with zero attached hydrogens (tertiary/aromatic N) is 1. The van der Waals surface area contributed by atoms with Crippen molar-refractivity contribution in [3.05, 3.63) is 60.2 Å². The first kappa shape index (κ1) is 22.7. The third kappa shape index (κ3) is 6.80. The molecule has 0 bridgehead atoms. The van der Waals surface area contributed by atoms with Gasteiger partial charge in [-0.15, -0.1) is 0 Å². The topological polar surface area (TPSA) is 105 Å². The molecule has 2 N–H and O–H groups in total. The fraction of sp³-hybridized carbons (Fsp3) is 0.318. The Morgan fingerprint density at radius 1 is 1.07 bits per heavy atom. The van der Waals surface area contributed by atoms with Crippen LogP contribution in [0, 0.1) is 0 Å². The normalized spacial score (nSPS) is 11.9. The van der Waals surface area contributed by atoms with Crippen molar-refractivity contribution in [2.24, 2.45) is 0 Å². The second kappa shape index (κ2) is 9.78. The van der Waals surface area contributed by atoms with Crippen LogP contribution >= 0.6 is 0 Å². The molecule has 0 saturated carbocycles. The maximum absolute atomic E-state index is 12.7. The minimum Gasteiger partial charge on any atom is -0.480 e. The monoisotopic (exact) mass is 414 g/mol. The minimum atomic E-state index is -1.20. The van der Waals surface area contributed by atoms with E-state index in [1.54, 1.807) is 51.1 Å². The molecular weight excluding hydrogens is 388 g/mol. The molecule has 2 aromatic carbocycles. The van der Waals surface area contributed by atoms with Gasteiger partial charge in [0.05, 0.1) is 5.69 Å². The van der Waals surface area contributed by atoms with E-state index in [4.69, 9.17) is 9.47 Å². The maximum Gasteiger partial charge on any atom is 0.415 e. The Hall–Kier alpha value is -3.55. The predicted molar refractivity (Wildman–Crippen MR) is 113 cm³/mol. The highest BCUT2D eigenvalue weighted by atomic mass is 16.6. The average molecular weight is 414 g/mol. The lowest BCUT2D eigenvalue weighted by Gasteiger charge is -2.26. The molecule has 0 unspecified atom stereocenters. The van der Waals surface area contributed by atoms with Crippen LogP contribution in [0.2, 0.25) is 0 Å². The number of ether oxygens (including phenoxy) is 2. The number of amides is 2. The van der Waals surface area contributed by atoms with E-state index >= 15 is 0 Å². The number of carbonyl (C=O) groups is 3. The van der Waals surface area contributed by atoms with Crippen molar-refractivity contribution in [1.29, 1.82) is 0 Å². The molecule has 8 nitrogen and oxygen atoms in total. The van der Waals surface area contributed by atoms with Gasteiger partial charge in [-0.2, -0.15) is 0 Å². The number of anilines is 2. The number of hydrogen-bond donors (Lipinski definition) is 2. The van der Waals surface area contributed by atoms with Crippen LogP contribution in [0.3, 0.4) is 0 Å². The Labute approximate surface area is 175 Å². The molecule has 0 spiro atoms. The number of carbonyl (C=O) groups excluding carboxylic acids is 2. The number of carboxylic acid groups (broad SMARTS) is 1. The van der Waals surface area contributed by atoms with Gasteiger partial charge in [0.1, 0.15) is 18.2 Å². The van der Waals surface area contributed by atoms with Crippen molar-refractivity contribution in [2.75, 3.05) is 10.2 Å². The molecule has 1 atom stereocenters. The SMILES string of the molecule is C[C@@H](C(=O)O)N(C(=O)OCc1ccccc1)c1cccc(NC(=O)OC(C)(C)C)c1. The van der Waals surface area contributed by atoms with Gasteiger partial charge in [-0.05, 0) is 51.5 Å². The van der Waals surface area contributed by atoms with E-state index in [2.05, 4.69) is 5.32 Å². The molecule has 0 aromatic heterocycles. The van der Waals surface area contributed by atoms with Gasteiger partial charge in [-0.1, -0.05) is 36.4 Å². The minimum absolute atomic E-state index is 0.00163. The van der Waals surface area contributed by atoms with Crippen LogP contribution in [-0.2, 0) is 20.9 Å². The van der Waals surface area contributed by atoms with E-state index in [1.165, 1.54) is 13.0 Å². The summed E-state index contributed by atoms with van der Waals surface area (Å²) in [5, 5.41) is 12.0. The van der Waals surface area contributed by atoms with E-state index in [-0.39, 0.29) is 12.3 Å². The summed E-state index contributed by atoms with van der Waals surface area (Å²) in [5.41, 5.74) is 0.707. The van der Waals surface area contributed by atoms with Crippen molar-refractivity contribution in [3.8, 4) is 0 Å². The Bertz CT molecular complexity index is 892. The Balaban J connectivity index is 2.21. The first-order valence-corrected chi connectivity index (χ1v) is 9.39. The van der Waals surface area contributed by atoms with Crippen molar-refractivity contribution in [1.82, 2.24) is 0 Å². The quantitative estimate of drug-likeness (QED) is 0.713.